The number of sulfonamides is 1. The largest absolute Gasteiger partial charge is 0.381 e. The van der Waals surface area contributed by atoms with Crippen molar-refractivity contribution in [1.29, 1.82) is 0 Å². The molecule has 0 N–H and O–H groups in total. The molecule has 100 valence electrons. The molecule has 0 aromatic heterocycles. The highest BCUT2D eigenvalue weighted by molar-refractivity contribution is 7.89. The Hall–Kier alpha value is -0.620. The van der Waals surface area contributed by atoms with Crippen molar-refractivity contribution in [3.05, 3.63) is 29.3 Å². The van der Waals surface area contributed by atoms with Crippen LogP contribution < -0.4 is 0 Å². The van der Waals surface area contributed by atoms with Crippen molar-refractivity contribution in [3.8, 4) is 0 Å². The lowest BCUT2D eigenvalue weighted by molar-refractivity contribution is 0.182. The van der Waals surface area contributed by atoms with Gasteiger partial charge in [-0.2, -0.15) is 0 Å². The van der Waals surface area contributed by atoms with Gasteiger partial charge in [-0.25, -0.2) is 12.7 Å². The Morgan fingerprint density at radius 2 is 2.06 bits per heavy atom. The van der Waals surface area contributed by atoms with Gasteiger partial charge < -0.3 is 4.74 Å². The first-order valence-electron chi connectivity index (χ1n) is 5.80. The fourth-order valence-corrected chi connectivity index (χ4v) is 3.35. The lowest BCUT2D eigenvalue weighted by atomic mass is 10.1. The van der Waals surface area contributed by atoms with E-state index in [1.54, 1.807) is 19.2 Å². The highest BCUT2D eigenvalue weighted by Crippen LogP contribution is 2.20. The molecule has 1 aromatic rings. The highest BCUT2D eigenvalue weighted by Gasteiger charge is 2.25. The van der Waals surface area contributed by atoms with Crippen LogP contribution >= 0.6 is 11.6 Å². The van der Waals surface area contributed by atoms with Gasteiger partial charge in [-0.15, -0.1) is 0 Å². The Morgan fingerprint density at radius 3 is 2.61 bits per heavy atom. The lowest BCUT2D eigenvalue weighted by Gasteiger charge is -2.20. The second kappa shape index (κ2) is 5.57. The third-order valence-corrected chi connectivity index (χ3v) is 5.15. The molecular weight excluding hydrogens is 274 g/mol. The molecule has 0 aliphatic carbocycles. The number of nitrogens with zero attached hydrogens (tertiary/aromatic N) is 1. The average molecular weight is 290 g/mol. The van der Waals surface area contributed by atoms with Crippen molar-refractivity contribution in [1.82, 2.24) is 4.31 Å². The van der Waals surface area contributed by atoms with Gasteiger partial charge in [0, 0.05) is 25.2 Å². The lowest BCUT2D eigenvalue weighted by Crippen LogP contribution is -2.32. The van der Waals surface area contributed by atoms with Crippen molar-refractivity contribution in [2.45, 2.75) is 11.3 Å². The van der Waals surface area contributed by atoms with Crippen LogP contribution in [0.2, 0.25) is 5.02 Å². The Morgan fingerprint density at radius 1 is 1.39 bits per heavy atom. The van der Waals surface area contributed by atoms with E-state index in [-0.39, 0.29) is 10.8 Å². The standard InChI is InChI=1S/C12H16ClNO3S/c1-14(8-10-6-7-17-9-10)18(15,16)12-4-2-11(13)3-5-12/h2-5,10H,6-9H2,1H3. The molecular formula is C12H16ClNO3S. The van der Waals surface area contributed by atoms with E-state index in [1.165, 1.54) is 16.4 Å². The van der Waals surface area contributed by atoms with E-state index >= 15 is 0 Å². The van der Waals surface area contributed by atoms with E-state index in [2.05, 4.69) is 0 Å². The third kappa shape index (κ3) is 3.03. The molecule has 1 unspecified atom stereocenters. The molecule has 1 aliphatic rings. The van der Waals surface area contributed by atoms with Crippen LogP contribution in [0.3, 0.4) is 0 Å². The SMILES string of the molecule is CN(CC1CCOC1)S(=O)(=O)c1ccc(Cl)cc1. The molecule has 1 fully saturated rings. The maximum atomic E-state index is 12.3. The summed E-state index contributed by atoms with van der Waals surface area (Å²) in [7, 11) is -1.82. The molecule has 0 radical (unpaired) electrons. The summed E-state index contributed by atoms with van der Waals surface area (Å²) in [6.07, 6.45) is 0.917. The molecule has 1 atom stereocenters. The fourth-order valence-electron chi connectivity index (χ4n) is 1.98. The minimum absolute atomic E-state index is 0.272. The van der Waals surface area contributed by atoms with Crippen LogP contribution in [0, 0.1) is 5.92 Å². The van der Waals surface area contributed by atoms with Crippen molar-refractivity contribution in [2.75, 3.05) is 26.8 Å². The van der Waals surface area contributed by atoms with Crippen molar-refractivity contribution < 1.29 is 13.2 Å². The molecule has 6 heteroatoms. The van der Waals surface area contributed by atoms with Gasteiger partial charge in [-0.3, -0.25) is 0 Å². The molecule has 1 aliphatic heterocycles. The minimum Gasteiger partial charge on any atom is -0.381 e. The van der Waals surface area contributed by atoms with E-state index in [1.807, 2.05) is 0 Å². The van der Waals surface area contributed by atoms with Crippen LogP contribution in [-0.2, 0) is 14.8 Å². The second-order valence-corrected chi connectivity index (χ2v) is 6.95. The molecule has 0 saturated carbocycles. The molecule has 2 rings (SSSR count). The second-order valence-electron chi connectivity index (χ2n) is 4.47. The Labute approximate surface area is 113 Å². The maximum absolute atomic E-state index is 12.3. The smallest absolute Gasteiger partial charge is 0.242 e. The third-order valence-electron chi connectivity index (χ3n) is 3.06. The van der Waals surface area contributed by atoms with Gasteiger partial charge in [0.1, 0.15) is 0 Å². The Kier molecular flexibility index (Phi) is 4.27. The zero-order chi connectivity index (χ0) is 13.2. The molecule has 1 aromatic carbocycles. The van der Waals surface area contributed by atoms with Gasteiger partial charge in [0.25, 0.3) is 0 Å². The molecule has 0 amide bonds. The van der Waals surface area contributed by atoms with Crippen LogP contribution in [0.15, 0.2) is 29.2 Å². The van der Waals surface area contributed by atoms with Crippen molar-refractivity contribution in [3.63, 3.8) is 0 Å². The molecule has 1 heterocycles. The van der Waals surface area contributed by atoms with E-state index < -0.39 is 10.0 Å². The minimum atomic E-state index is -3.42. The van der Waals surface area contributed by atoms with Crippen LogP contribution in [0.5, 0.6) is 0 Å². The Balaban J connectivity index is 2.11. The van der Waals surface area contributed by atoms with Crippen molar-refractivity contribution >= 4 is 21.6 Å². The zero-order valence-corrected chi connectivity index (χ0v) is 11.7. The van der Waals surface area contributed by atoms with E-state index in [4.69, 9.17) is 16.3 Å². The molecule has 1 saturated heterocycles. The van der Waals surface area contributed by atoms with Crippen LogP contribution in [-0.4, -0.2) is 39.5 Å². The fraction of sp³-hybridized carbons (Fsp3) is 0.500. The molecule has 0 spiro atoms. The number of hydrogen-bond acceptors (Lipinski definition) is 3. The Bertz CT molecular complexity index is 495. The summed E-state index contributed by atoms with van der Waals surface area (Å²) < 4.78 is 31.2. The maximum Gasteiger partial charge on any atom is 0.242 e. The normalized spacial score (nSPS) is 20.5. The number of halogens is 1. The van der Waals surface area contributed by atoms with Gasteiger partial charge in [-0.1, -0.05) is 11.6 Å². The van der Waals surface area contributed by atoms with E-state index in [0.29, 0.717) is 18.2 Å². The van der Waals surface area contributed by atoms with Gasteiger partial charge in [0.15, 0.2) is 0 Å². The summed E-state index contributed by atoms with van der Waals surface area (Å²) in [5, 5.41) is 0.529. The predicted octanol–water partition coefficient (Wildman–Crippen LogP) is 2.00. The summed E-state index contributed by atoms with van der Waals surface area (Å²) in [4.78, 5) is 0.272. The number of rotatable bonds is 4. The number of ether oxygens (including phenoxy) is 1. The van der Waals surface area contributed by atoms with Crippen LogP contribution in [0.25, 0.3) is 0 Å². The van der Waals surface area contributed by atoms with Gasteiger partial charge >= 0.3 is 0 Å². The number of hydrogen-bond donors (Lipinski definition) is 0. The summed E-state index contributed by atoms with van der Waals surface area (Å²) in [6, 6.07) is 6.22. The highest BCUT2D eigenvalue weighted by atomic mass is 35.5. The van der Waals surface area contributed by atoms with E-state index in [0.717, 1.165) is 13.0 Å². The monoisotopic (exact) mass is 289 g/mol. The summed E-state index contributed by atoms with van der Waals surface area (Å²) in [5.74, 6) is 0.289. The average Bonchev–Trinajstić information content (AvgIpc) is 2.82. The topological polar surface area (TPSA) is 46.6 Å². The van der Waals surface area contributed by atoms with Gasteiger partial charge in [-0.05, 0) is 36.6 Å². The van der Waals surface area contributed by atoms with E-state index in [9.17, 15) is 8.42 Å². The summed E-state index contributed by atoms with van der Waals surface area (Å²) in [6.45, 7) is 1.85. The van der Waals surface area contributed by atoms with Crippen LogP contribution in [0.1, 0.15) is 6.42 Å². The van der Waals surface area contributed by atoms with Gasteiger partial charge in [0.2, 0.25) is 10.0 Å². The zero-order valence-electron chi connectivity index (χ0n) is 10.2. The first-order valence-corrected chi connectivity index (χ1v) is 7.61. The van der Waals surface area contributed by atoms with Crippen molar-refractivity contribution in [2.24, 2.45) is 5.92 Å². The molecule has 4 nitrogen and oxygen atoms in total. The van der Waals surface area contributed by atoms with Crippen LogP contribution in [0.4, 0.5) is 0 Å². The predicted molar refractivity (Wildman–Crippen MR) is 70.2 cm³/mol. The summed E-state index contributed by atoms with van der Waals surface area (Å²) in [5.41, 5.74) is 0. The van der Waals surface area contributed by atoms with Gasteiger partial charge in [0.05, 0.1) is 11.5 Å². The molecule has 0 bridgehead atoms. The quantitative estimate of drug-likeness (QED) is 0.852. The first-order chi connectivity index (χ1) is 8.50. The first kappa shape index (κ1) is 13.8. The summed E-state index contributed by atoms with van der Waals surface area (Å²) >= 11 is 5.75. The number of benzene rings is 1. The molecule has 18 heavy (non-hydrogen) atoms.